The van der Waals surface area contributed by atoms with Crippen LogP contribution in [-0.2, 0) is 6.54 Å². The quantitative estimate of drug-likeness (QED) is 0.782. The van der Waals surface area contributed by atoms with Crippen molar-refractivity contribution < 1.29 is 9.90 Å². The maximum atomic E-state index is 11.5. The molecule has 0 saturated heterocycles. The van der Waals surface area contributed by atoms with Crippen LogP contribution in [0.2, 0.25) is 5.02 Å². The minimum Gasteiger partial charge on any atom is -0.477 e. The maximum absolute atomic E-state index is 11.5. The molecule has 1 aromatic heterocycles. The summed E-state index contributed by atoms with van der Waals surface area (Å²) in [5, 5.41) is 9.84. The third-order valence-corrected chi connectivity index (χ3v) is 2.67. The van der Waals surface area contributed by atoms with Crippen molar-refractivity contribution in [2.24, 2.45) is 5.73 Å². The summed E-state index contributed by atoms with van der Waals surface area (Å²) in [6.07, 6.45) is 0. The van der Waals surface area contributed by atoms with Crippen LogP contribution in [0.4, 0.5) is 0 Å². The van der Waals surface area contributed by atoms with Gasteiger partial charge in [0, 0.05) is 17.0 Å². The third-order valence-electron chi connectivity index (χ3n) is 2.45. The lowest BCUT2D eigenvalue weighted by Gasteiger charge is -2.06. The smallest absolute Gasteiger partial charge is 0.341 e. The summed E-state index contributed by atoms with van der Waals surface area (Å²) >= 11 is 5.88. The van der Waals surface area contributed by atoms with Gasteiger partial charge >= 0.3 is 5.97 Å². The molecule has 0 atom stereocenters. The number of aromatic amines is 1. The number of hydrogen-bond donors (Lipinski definition) is 3. The molecule has 1 aromatic carbocycles. The number of hydrogen-bond acceptors (Lipinski definition) is 3. The van der Waals surface area contributed by atoms with Gasteiger partial charge in [0.15, 0.2) is 0 Å². The highest BCUT2D eigenvalue weighted by Crippen LogP contribution is 2.21. The summed E-state index contributed by atoms with van der Waals surface area (Å²) in [6.45, 7) is 0.208. The van der Waals surface area contributed by atoms with Crippen LogP contribution in [0.5, 0.6) is 0 Å². The molecule has 2 aromatic rings. The molecular weight excluding hydrogens is 323 g/mol. The predicted molar refractivity (Wildman–Crippen MR) is 74.8 cm³/mol. The first-order valence-corrected chi connectivity index (χ1v) is 5.19. The lowest BCUT2D eigenvalue weighted by Crippen LogP contribution is -2.17. The van der Waals surface area contributed by atoms with E-state index in [9.17, 15) is 9.59 Å². The summed E-state index contributed by atoms with van der Waals surface area (Å²) in [4.78, 5) is 24.9. The Kier molecular flexibility index (Phi) is 4.50. The van der Waals surface area contributed by atoms with Gasteiger partial charge in [0.25, 0.3) is 5.56 Å². The Bertz CT molecular complexity index is 669. The van der Waals surface area contributed by atoms with Crippen molar-refractivity contribution in [1.29, 1.82) is 0 Å². The summed E-state index contributed by atoms with van der Waals surface area (Å²) in [7, 11) is 0. The molecule has 0 radical (unpaired) electrons. The molecule has 0 unspecified atom stereocenters. The Morgan fingerprint density at radius 1 is 1.39 bits per heavy atom. The number of aromatic nitrogens is 1. The summed E-state index contributed by atoms with van der Waals surface area (Å²) in [6, 6.07) is 4.51. The van der Waals surface area contributed by atoms with E-state index in [1.165, 1.54) is 6.07 Å². The lowest BCUT2D eigenvalue weighted by atomic mass is 10.1. The van der Waals surface area contributed by atoms with Gasteiger partial charge in [0.05, 0.1) is 5.52 Å². The molecule has 0 saturated carbocycles. The molecule has 1 heterocycles. The number of pyridine rings is 1. The highest BCUT2D eigenvalue weighted by Gasteiger charge is 2.12. The zero-order valence-corrected chi connectivity index (χ0v) is 11.5. The molecule has 0 spiro atoms. The number of fused-ring (bicyclic) bond motifs is 1. The molecule has 0 bridgehead atoms. The molecule has 4 N–H and O–H groups in total. The van der Waals surface area contributed by atoms with Gasteiger partial charge in [-0.05, 0) is 23.8 Å². The number of carbonyl (C=O) groups is 1. The molecular formula is C11H10BrClN2O3. The van der Waals surface area contributed by atoms with Gasteiger partial charge in [-0.15, -0.1) is 17.0 Å². The standard InChI is InChI=1S/C11H9ClN2O3.BrH/c12-7-1-5-3-8(11(16)17)10(15)14-9(5)6(2-7)4-13;/h1-3H,4,13H2,(H,14,15)(H,16,17);1H. The second-order valence-corrected chi connectivity index (χ2v) is 3.99. The molecule has 2 rings (SSSR count). The molecule has 0 amide bonds. The topological polar surface area (TPSA) is 96.2 Å². The normalized spacial score (nSPS) is 10.1. The fourth-order valence-electron chi connectivity index (χ4n) is 1.67. The van der Waals surface area contributed by atoms with Crippen molar-refractivity contribution in [3.8, 4) is 0 Å². The molecule has 18 heavy (non-hydrogen) atoms. The second kappa shape index (κ2) is 5.51. The van der Waals surface area contributed by atoms with Crippen molar-refractivity contribution >= 4 is 45.5 Å². The van der Waals surface area contributed by atoms with Crippen LogP contribution in [0.25, 0.3) is 10.9 Å². The molecule has 0 aliphatic carbocycles. The van der Waals surface area contributed by atoms with E-state index in [2.05, 4.69) is 4.98 Å². The van der Waals surface area contributed by atoms with E-state index in [-0.39, 0.29) is 29.1 Å². The minimum atomic E-state index is -1.28. The van der Waals surface area contributed by atoms with Crippen LogP contribution in [0.3, 0.4) is 0 Å². The Morgan fingerprint density at radius 2 is 2.06 bits per heavy atom. The molecule has 0 aliphatic rings. The van der Waals surface area contributed by atoms with Gasteiger partial charge in [0.1, 0.15) is 5.56 Å². The monoisotopic (exact) mass is 332 g/mol. The van der Waals surface area contributed by atoms with Gasteiger partial charge in [-0.25, -0.2) is 4.79 Å². The highest BCUT2D eigenvalue weighted by atomic mass is 79.9. The number of carboxylic acid groups (broad SMARTS) is 1. The maximum Gasteiger partial charge on any atom is 0.341 e. The Balaban J connectivity index is 0.00000162. The van der Waals surface area contributed by atoms with E-state index in [0.29, 0.717) is 21.5 Å². The second-order valence-electron chi connectivity index (χ2n) is 3.55. The predicted octanol–water partition coefficient (Wildman–Crippen LogP) is 1.92. The first-order valence-electron chi connectivity index (χ1n) is 4.81. The van der Waals surface area contributed by atoms with Gasteiger partial charge in [-0.1, -0.05) is 11.6 Å². The van der Waals surface area contributed by atoms with Gasteiger partial charge in [-0.2, -0.15) is 0 Å². The minimum absolute atomic E-state index is 0. The van der Waals surface area contributed by atoms with Crippen molar-refractivity contribution in [3.05, 3.63) is 44.7 Å². The summed E-state index contributed by atoms with van der Waals surface area (Å²) < 4.78 is 0. The molecule has 0 fully saturated rings. The van der Waals surface area contributed by atoms with E-state index in [1.54, 1.807) is 12.1 Å². The van der Waals surface area contributed by atoms with Gasteiger partial charge < -0.3 is 15.8 Å². The van der Waals surface area contributed by atoms with Gasteiger partial charge in [-0.3, -0.25) is 4.79 Å². The van der Waals surface area contributed by atoms with E-state index < -0.39 is 11.5 Å². The van der Waals surface area contributed by atoms with E-state index >= 15 is 0 Å². The van der Waals surface area contributed by atoms with Crippen LogP contribution < -0.4 is 11.3 Å². The fraction of sp³-hybridized carbons (Fsp3) is 0.0909. The average Bonchev–Trinajstić information content (AvgIpc) is 2.27. The van der Waals surface area contributed by atoms with Crippen LogP contribution in [0, 0.1) is 0 Å². The number of carboxylic acids is 1. The van der Waals surface area contributed by atoms with E-state index in [4.69, 9.17) is 22.4 Å². The Labute approximate surface area is 117 Å². The Hall–Kier alpha value is -1.37. The number of nitrogens with one attached hydrogen (secondary N) is 1. The van der Waals surface area contributed by atoms with Gasteiger partial charge in [0.2, 0.25) is 0 Å². The van der Waals surface area contributed by atoms with Crippen LogP contribution >= 0.6 is 28.6 Å². The number of halogens is 2. The Morgan fingerprint density at radius 3 is 2.61 bits per heavy atom. The third kappa shape index (κ3) is 2.55. The van der Waals surface area contributed by atoms with Crippen LogP contribution in [0.1, 0.15) is 15.9 Å². The number of H-pyrrole nitrogens is 1. The molecule has 0 aliphatic heterocycles. The highest BCUT2D eigenvalue weighted by molar-refractivity contribution is 8.93. The van der Waals surface area contributed by atoms with Crippen molar-refractivity contribution in [2.45, 2.75) is 6.54 Å². The number of nitrogens with two attached hydrogens (primary N) is 1. The summed E-state index contributed by atoms with van der Waals surface area (Å²) in [5.74, 6) is -1.28. The first kappa shape index (κ1) is 14.7. The lowest BCUT2D eigenvalue weighted by molar-refractivity contribution is 0.0695. The van der Waals surface area contributed by atoms with Crippen molar-refractivity contribution in [1.82, 2.24) is 4.98 Å². The zero-order chi connectivity index (χ0) is 12.6. The number of rotatable bonds is 2. The van der Waals surface area contributed by atoms with E-state index in [1.807, 2.05) is 0 Å². The van der Waals surface area contributed by atoms with Crippen LogP contribution in [-0.4, -0.2) is 16.1 Å². The van der Waals surface area contributed by atoms with Crippen LogP contribution in [0.15, 0.2) is 23.0 Å². The van der Waals surface area contributed by atoms with Crippen molar-refractivity contribution in [2.75, 3.05) is 0 Å². The number of aromatic carboxylic acids is 1. The number of benzene rings is 1. The SMILES string of the molecule is Br.NCc1cc(Cl)cc2cc(C(=O)O)c(=O)[nH]c12. The average molecular weight is 334 g/mol. The molecule has 7 heteroatoms. The molecule has 5 nitrogen and oxygen atoms in total. The zero-order valence-electron chi connectivity index (χ0n) is 9.07. The molecule has 96 valence electrons. The van der Waals surface area contributed by atoms with Crippen molar-refractivity contribution in [3.63, 3.8) is 0 Å². The first-order chi connectivity index (χ1) is 8.02. The largest absolute Gasteiger partial charge is 0.477 e. The van der Waals surface area contributed by atoms with E-state index in [0.717, 1.165) is 0 Å². The summed E-state index contributed by atoms with van der Waals surface area (Å²) in [5.41, 5.74) is 5.76. The fourth-order valence-corrected chi connectivity index (χ4v) is 1.92.